The van der Waals surface area contributed by atoms with Crippen molar-refractivity contribution in [3.05, 3.63) is 83.4 Å². The molecule has 154 valence electrons. The van der Waals surface area contributed by atoms with E-state index in [0.717, 1.165) is 0 Å². The Balaban J connectivity index is 1.66. The van der Waals surface area contributed by atoms with Gasteiger partial charge in [-0.05, 0) is 68.0 Å². The topological polar surface area (TPSA) is 101 Å². The van der Waals surface area contributed by atoms with Crippen LogP contribution in [0.4, 0.5) is 16.0 Å². The summed E-state index contributed by atoms with van der Waals surface area (Å²) in [5.41, 5.74) is 2.39. The zero-order valence-corrected chi connectivity index (χ0v) is 17.1. The summed E-state index contributed by atoms with van der Waals surface area (Å²) in [5.74, 6) is -0.766. The van der Waals surface area contributed by atoms with Gasteiger partial charge in [0, 0.05) is 23.2 Å². The van der Waals surface area contributed by atoms with E-state index >= 15 is 0 Å². The second kappa shape index (κ2) is 8.83. The smallest absolute Gasteiger partial charge is 0.264 e. The van der Waals surface area contributed by atoms with Gasteiger partial charge in [0.2, 0.25) is 11.9 Å². The van der Waals surface area contributed by atoms with Gasteiger partial charge in [0.15, 0.2) is 0 Å². The van der Waals surface area contributed by atoms with Gasteiger partial charge in [-0.2, -0.15) is 0 Å². The van der Waals surface area contributed by atoms with Gasteiger partial charge in [-0.15, -0.1) is 0 Å². The van der Waals surface area contributed by atoms with E-state index in [9.17, 15) is 17.6 Å². The quantitative estimate of drug-likeness (QED) is 0.586. The van der Waals surface area contributed by atoms with E-state index in [1.807, 2.05) is 0 Å². The van der Waals surface area contributed by atoms with Crippen LogP contribution in [0.5, 0.6) is 0 Å². The van der Waals surface area contributed by atoms with Crippen LogP contribution in [0.2, 0.25) is 0 Å². The lowest BCUT2D eigenvalue weighted by atomic mass is 10.2. The lowest BCUT2D eigenvalue weighted by Gasteiger charge is -2.09. The van der Waals surface area contributed by atoms with Crippen LogP contribution in [0, 0.1) is 19.7 Å². The molecule has 7 nitrogen and oxygen atoms in total. The summed E-state index contributed by atoms with van der Waals surface area (Å²) >= 11 is 0. The second-order valence-electron chi connectivity index (χ2n) is 6.48. The Morgan fingerprint density at radius 3 is 2.17 bits per heavy atom. The van der Waals surface area contributed by atoms with Gasteiger partial charge in [0.25, 0.3) is 10.0 Å². The summed E-state index contributed by atoms with van der Waals surface area (Å²) in [6.45, 7) is 3.49. The Morgan fingerprint density at radius 2 is 1.57 bits per heavy atom. The van der Waals surface area contributed by atoms with E-state index in [0.29, 0.717) is 22.6 Å². The number of rotatable bonds is 6. The van der Waals surface area contributed by atoms with Crippen molar-refractivity contribution in [3.63, 3.8) is 0 Å². The number of carbonyl (C=O) groups is 1. The van der Waals surface area contributed by atoms with Gasteiger partial charge in [-0.25, -0.2) is 27.5 Å². The van der Waals surface area contributed by atoms with Gasteiger partial charge in [-0.1, -0.05) is 12.1 Å². The highest BCUT2D eigenvalue weighted by Crippen LogP contribution is 2.17. The third-order valence-electron chi connectivity index (χ3n) is 3.94. The number of hydrogen-bond donors (Lipinski definition) is 2. The largest absolute Gasteiger partial charge is 0.323 e. The van der Waals surface area contributed by atoms with Crippen molar-refractivity contribution in [1.29, 1.82) is 0 Å². The van der Waals surface area contributed by atoms with Crippen LogP contribution in [-0.2, 0) is 14.8 Å². The van der Waals surface area contributed by atoms with Crippen molar-refractivity contribution in [2.75, 3.05) is 10.0 Å². The molecule has 9 heteroatoms. The van der Waals surface area contributed by atoms with E-state index < -0.39 is 15.9 Å². The molecule has 1 heterocycles. The minimum absolute atomic E-state index is 0.00388. The maximum Gasteiger partial charge on any atom is 0.264 e. The summed E-state index contributed by atoms with van der Waals surface area (Å²) in [7, 11) is -3.87. The average molecular weight is 426 g/mol. The Morgan fingerprint density at radius 1 is 0.967 bits per heavy atom. The highest BCUT2D eigenvalue weighted by molar-refractivity contribution is 7.92. The van der Waals surface area contributed by atoms with E-state index in [1.165, 1.54) is 42.5 Å². The van der Waals surface area contributed by atoms with Crippen molar-refractivity contribution in [3.8, 4) is 0 Å². The molecular weight excluding hydrogens is 407 g/mol. The van der Waals surface area contributed by atoms with E-state index in [4.69, 9.17) is 0 Å². The predicted octanol–water partition coefficient (Wildman–Crippen LogP) is 3.69. The zero-order chi connectivity index (χ0) is 21.7. The fraction of sp³-hybridized carbons (Fsp3) is 0.0952. The number of anilines is 2. The fourth-order valence-corrected chi connectivity index (χ4v) is 3.54. The summed E-state index contributed by atoms with van der Waals surface area (Å²) in [4.78, 5) is 20.2. The van der Waals surface area contributed by atoms with Crippen molar-refractivity contribution in [1.82, 2.24) is 9.97 Å². The third-order valence-corrected chi connectivity index (χ3v) is 5.28. The molecular formula is C21H19FN4O3S. The lowest BCUT2D eigenvalue weighted by molar-refractivity contribution is -0.111. The molecule has 2 N–H and O–H groups in total. The van der Waals surface area contributed by atoms with Crippen LogP contribution in [0.1, 0.15) is 17.0 Å². The number of benzene rings is 2. The molecule has 1 aromatic heterocycles. The Bertz CT molecular complexity index is 1170. The van der Waals surface area contributed by atoms with Crippen LogP contribution >= 0.6 is 0 Å². The summed E-state index contributed by atoms with van der Waals surface area (Å²) in [6, 6.07) is 13.1. The van der Waals surface area contributed by atoms with Gasteiger partial charge in [0.05, 0.1) is 4.90 Å². The first-order chi connectivity index (χ1) is 14.2. The second-order valence-corrected chi connectivity index (χ2v) is 8.16. The summed E-state index contributed by atoms with van der Waals surface area (Å²) in [5, 5.41) is 2.63. The molecule has 0 fully saturated rings. The molecule has 0 aliphatic rings. The Kier molecular flexibility index (Phi) is 6.22. The molecule has 0 saturated heterocycles. The third kappa shape index (κ3) is 5.71. The first-order valence-corrected chi connectivity index (χ1v) is 10.4. The van der Waals surface area contributed by atoms with Gasteiger partial charge in [0.1, 0.15) is 5.82 Å². The number of aryl methyl sites for hydroxylation is 2. The Hall–Kier alpha value is -3.59. The minimum Gasteiger partial charge on any atom is -0.323 e. The number of aromatic nitrogens is 2. The van der Waals surface area contributed by atoms with E-state index in [-0.39, 0.29) is 16.7 Å². The van der Waals surface area contributed by atoms with E-state index in [2.05, 4.69) is 20.0 Å². The molecule has 0 spiro atoms. The maximum absolute atomic E-state index is 12.9. The first-order valence-electron chi connectivity index (χ1n) is 8.91. The number of carbonyl (C=O) groups excluding carboxylic acids is 1. The molecule has 2 aromatic carbocycles. The standard InChI is InChI=1S/C21H19FN4O3S/c1-14-13-15(2)24-21(23-14)26-30(28,29)19-10-8-18(9-11-19)25-20(27)12-5-16-3-6-17(22)7-4-16/h3-13H,1-2H3,(H,25,27)(H,23,24,26)/b12-5+. The number of halogens is 1. The molecule has 0 aliphatic carbocycles. The SMILES string of the molecule is Cc1cc(C)nc(NS(=O)(=O)c2ccc(NC(=O)/C=C/c3ccc(F)cc3)cc2)n1. The minimum atomic E-state index is -3.87. The lowest BCUT2D eigenvalue weighted by Crippen LogP contribution is -2.16. The molecule has 0 atom stereocenters. The van der Waals surface area contributed by atoms with Crippen LogP contribution < -0.4 is 10.0 Å². The van der Waals surface area contributed by atoms with Crippen LogP contribution in [0.3, 0.4) is 0 Å². The maximum atomic E-state index is 12.9. The van der Waals surface area contributed by atoms with Gasteiger partial charge < -0.3 is 5.32 Å². The van der Waals surface area contributed by atoms with Crippen molar-refractivity contribution in [2.45, 2.75) is 18.7 Å². The normalized spacial score (nSPS) is 11.4. The number of nitrogens with one attached hydrogen (secondary N) is 2. The van der Waals surface area contributed by atoms with Crippen LogP contribution in [0.25, 0.3) is 6.08 Å². The van der Waals surface area contributed by atoms with Gasteiger partial charge >= 0.3 is 0 Å². The van der Waals surface area contributed by atoms with Crippen LogP contribution in [0.15, 0.2) is 65.6 Å². The predicted molar refractivity (Wildman–Crippen MR) is 113 cm³/mol. The summed E-state index contributed by atoms with van der Waals surface area (Å²) < 4.78 is 40.3. The highest BCUT2D eigenvalue weighted by atomic mass is 32.2. The number of nitrogens with zero attached hydrogens (tertiary/aromatic N) is 2. The molecule has 0 aliphatic heterocycles. The van der Waals surface area contributed by atoms with Crippen molar-refractivity contribution in [2.24, 2.45) is 0 Å². The number of sulfonamides is 1. The highest BCUT2D eigenvalue weighted by Gasteiger charge is 2.16. The van der Waals surface area contributed by atoms with Crippen LogP contribution in [-0.4, -0.2) is 24.3 Å². The number of hydrogen-bond acceptors (Lipinski definition) is 5. The van der Waals surface area contributed by atoms with Crippen molar-refractivity contribution < 1.29 is 17.6 Å². The van der Waals surface area contributed by atoms with Gasteiger partial charge in [-0.3, -0.25) is 4.79 Å². The first kappa shape index (κ1) is 21.1. The molecule has 0 radical (unpaired) electrons. The summed E-state index contributed by atoms with van der Waals surface area (Å²) in [6.07, 6.45) is 2.85. The molecule has 30 heavy (non-hydrogen) atoms. The zero-order valence-electron chi connectivity index (χ0n) is 16.3. The van der Waals surface area contributed by atoms with Crippen molar-refractivity contribution >= 4 is 33.6 Å². The molecule has 0 saturated carbocycles. The monoisotopic (exact) mass is 426 g/mol. The Labute approximate surface area is 173 Å². The fourth-order valence-electron chi connectivity index (χ4n) is 2.60. The molecule has 3 rings (SSSR count). The molecule has 1 amide bonds. The number of amides is 1. The molecule has 0 unspecified atom stereocenters. The average Bonchev–Trinajstić information content (AvgIpc) is 2.67. The molecule has 0 bridgehead atoms. The molecule has 3 aromatic rings. The van der Waals surface area contributed by atoms with E-state index in [1.54, 1.807) is 38.1 Å².